The van der Waals surface area contributed by atoms with Gasteiger partial charge in [0.25, 0.3) is 0 Å². The van der Waals surface area contributed by atoms with Crippen molar-refractivity contribution in [3.63, 3.8) is 0 Å². The first-order chi connectivity index (χ1) is 7.36. The van der Waals surface area contributed by atoms with E-state index in [9.17, 15) is 13.2 Å². The second kappa shape index (κ2) is 5.14. The Morgan fingerprint density at radius 3 is 2.44 bits per heavy atom. The third-order valence-electron chi connectivity index (χ3n) is 2.01. The third-order valence-corrected chi connectivity index (χ3v) is 3.37. The number of aromatic nitrogens is 1. The van der Waals surface area contributed by atoms with E-state index >= 15 is 0 Å². The van der Waals surface area contributed by atoms with Crippen molar-refractivity contribution in [3.8, 4) is 0 Å². The highest BCUT2D eigenvalue weighted by molar-refractivity contribution is 7.11. The van der Waals surface area contributed by atoms with Gasteiger partial charge in [-0.1, -0.05) is 20.8 Å². The smallest absolute Gasteiger partial charge is 0.312 e. The molecule has 2 nitrogen and oxygen atoms in total. The van der Waals surface area contributed by atoms with Gasteiger partial charge in [0.05, 0.1) is 9.88 Å². The molecule has 0 aliphatic heterocycles. The number of alkyl halides is 3. The lowest BCUT2D eigenvalue weighted by Crippen LogP contribution is -2.15. The highest BCUT2D eigenvalue weighted by Crippen LogP contribution is 2.36. The van der Waals surface area contributed by atoms with Crippen LogP contribution in [-0.2, 0) is 12.7 Å². The molecule has 1 N–H and O–H groups in total. The largest absolute Gasteiger partial charge is 0.434 e. The van der Waals surface area contributed by atoms with E-state index in [0.717, 1.165) is 11.3 Å². The van der Waals surface area contributed by atoms with Crippen LogP contribution in [0, 0.1) is 0 Å². The van der Waals surface area contributed by atoms with Gasteiger partial charge in [0, 0.05) is 12.5 Å². The molecule has 0 saturated carbocycles. The molecule has 0 spiro atoms. The molecule has 0 aliphatic carbocycles. The fourth-order valence-electron chi connectivity index (χ4n) is 1.20. The molecular weight excluding hydrogens is 237 g/mol. The number of hydrogen-bond donors (Lipinski definition) is 1. The topological polar surface area (TPSA) is 24.9 Å². The number of nitrogens with one attached hydrogen (secondary N) is 1. The molecule has 0 saturated heterocycles. The number of thiazole rings is 1. The van der Waals surface area contributed by atoms with E-state index in [4.69, 9.17) is 0 Å². The SMILES string of the molecule is CCNCc1sc(C(C)C)nc1C(F)(F)F. The van der Waals surface area contributed by atoms with Crippen LogP contribution in [0.4, 0.5) is 13.2 Å². The van der Waals surface area contributed by atoms with E-state index < -0.39 is 11.9 Å². The van der Waals surface area contributed by atoms with E-state index in [2.05, 4.69) is 10.3 Å². The van der Waals surface area contributed by atoms with Crippen molar-refractivity contribution in [2.45, 2.75) is 39.4 Å². The van der Waals surface area contributed by atoms with Gasteiger partial charge in [-0.2, -0.15) is 13.2 Å². The average Bonchev–Trinajstić information content (AvgIpc) is 2.57. The Balaban J connectivity index is 3.03. The number of nitrogens with zero attached hydrogens (tertiary/aromatic N) is 1. The van der Waals surface area contributed by atoms with Gasteiger partial charge < -0.3 is 5.32 Å². The number of rotatable bonds is 4. The molecule has 92 valence electrons. The Labute approximate surface area is 96.9 Å². The van der Waals surface area contributed by atoms with Gasteiger partial charge in [-0.15, -0.1) is 11.3 Å². The molecule has 1 aromatic heterocycles. The monoisotopic (exact) mass is 252 g/mol. The molecule has 0 fully saturated rings. The van der Waals surface area contributed by atoms with E-state index in [1.807, 2.05) is 20.8 Å². The fraction of sp³-hybridized carbons (Fsp3) is 0.700. The molecule has 0 bridgehead atoms. The van der Waals surface area contributed by atoms with Crippen LogP contribution in [0.3, 0.4) is 0 Å². The van der Waals surface area contributed by atoms with Crippen LogP contribution in [0.2, 0.25) is 0 Å². The van der Waals surface area contributed by atoms with Crippen LogP contribution in [-0.4, -0.2) is 11.5 Å². The predicted molar refractivity (Wildman–Crippen MR) is 58.6 cm³/mol. The Bertz CT molecular complexity index is 344. The summed E-state index contributed by atoms with van der Waals surface area (Å²) in [6.07, 6.45) is -4.35. The molecule has 0 atom stereocenters. The van der Waals surface area contributed by atoms with Crippen molar-refractivity contribution in [3.05, 3.63) is 15.6 Å². The average molecular weight is 252 g/mol. The van der Waals surface area contributed by atoms with Crippen molar-refractivity contribution in [2.75, 3.05) is 6.54 Å². The van der Waals surface area contributed by atoms with Gasteiger partial charge in [0.2, 0.25) is 0 Å². The Morgan fingerprint density at radius 2 is 2.00 bits per heavy atom. The molecule has 0 aromatic carbocycles. The summed E-state index contributed by atoms with van der Waals surface area (Å²) >= 11 is 1.14. The minimum atomic E-state index is -4.35. The summed E-state index contributed by atoms with van der Waals surface area (Å²) in [5.74, 6) is 0.0291. The zero-order chi connectivity index (χ0) is 12.3. The quantitative estimate of drug-likeness (QED) is 0.888. The maximum Gasteiger partial charge on any atom is 0.434 e. The normalized spacial score (nSPS) is 12.4. The Hall–Kier alpha value is -0.620. The van der Waals surface area contributed by atoms with Crippen LogP contribution >= 0.6 is 11.3 Å². The maximum atomic E-state index is 12.7. The van der Waals surface area contributed by atoms with Gasteiger partial charge in [-0.3, -0.25) is 0 Å². The zero-order valence-corrected chi connectivity index (χ0v) is 10.3. The fourth-order valence-corrected chi connectivity index (χ4v) is 2.25. The second-order valence-corrected chi connectivity index (χ2v) is 4.87. The summed E-state index contributed by atoms with van der Waals surface area (Å²) in [6, 6.07) is 0. The lowest BCUT2D eigenvalue weighted by atomic mass is 10.2. The van der Waals surface area contributed by atoms with Crippen molar-refractivity contribution in [1.82, 2.24) is 10.3 Å². The first kappa shape index (κ1) is 13.4. The number of hydrogen-bond acceptors (Lipinski definition) is 3. The number of halogens is 3. The van der Waals surface area contributed by atoms with Crippen LogP contribution in [0.5, 0.6) is 0 Å². The highest BCUT2D eigenvalue weighted by Gasteiger charge is 2.37. The molecule has 6 heteroatoms. The van der Waals surface area contributed by atoms with E-state index in [0.29, 0.717) is 11.6 Å². The summed E-state index contributed by atoms with van der Waals surface area (Å²) in [5, 5.41) is 3.44. The summed E-state index contributed by atoms with van der Waals surface area (Å²) in [6.45, 7) is 6.42. The summed E-state index contributed by atoms with van der Waals surface area (Å²) in [7, 11) is 0. The van der Waals surface area contributed by atoms with Crippen LogP contribution < -0.4 is 5.32 Å². The minimum absolute atomic E-state index is 0.0291. The predicted octanol–water partition coefficient (Wildman–Crippen LogP) is 3.39. The molecule has 0 amide bonds. The molecule has 1 aromatic rings. The first-order valence-corrected chi connectivity index (χ1v) is 5.95. The van der Waals surface area contributed by atoms with E-state index in [-0.39, 0.29) is 17.3 Å². The molecule has 1 heterocycles. The molecule has 0 unspecified atom stereocenters. The Kier molecular flexibility index (Phi) is 4.32. The zero-order valence-electron chi connectivity index (χ0n) is 9.48. The van der Waals surface area contributed by atoms with Crippen molar-refractivity contribution in [2.24, 2.45) is 0 Å². The maximum absolute atomic E-state index is 12.7. The first-order valence-electron chi connectivity index (χ1n) is 5.13. The highest BCUT2D eigenvalue weighted by atomic mass is 32.1. The van der Waals surface area contributed by atoms with Gasteiger partial charge >= 0.3 is 6.18 Å². The molecule has 16 heavy (non-hydrogen) atoms. The molecule has 0 aliphatic rings. The van der Waals surface area contributed by atoms with Crippen molar-refractivity contribution >= 4 is 11.3 Å². The van der Waals surface area contributed by atoms with Gasteiger partial charge in [-0.05, 0) is 6.54 Å². The Morgan fingerprint density at radius 1 is 1.38 bits per heavy atom. The standard InChI is InChI=1S/C10H15F3N2S/c1-4-14-5-7-8(10(11,12)13)15-9(16-7)6(2)3/h6,14H,4-5H2,1-3H3. The lowest BCUT2D eigenvalue weighted by molar-refractivity contribution is -0.141. The van der Waals surface area contributed by atoms with Gasteiger partial charge in [0.1, 0.15) is 0 Å². The van der Waals surface area contributed by atoms with Gasteiger partial charge in [-0.25, -0.2) is 4.98 Å². The van der Waals surface area contributed by atoms with E-state index in [1.54, 1.807) is 0 Å². The third kappa shape index (κ3) is 3.18. The summed E-state index contributed by atoms with van der Waals surface area (Å²) < 4.78 is 38.0. The van der Waals surface area contributed by atoms with Crippen molar-refractivity contribution in [1.29, 1.82) is 0 Å². The molecule has 1 rings (SSSR count). The minimum Gasteiger partial charge on any atom is -0.312 e. The summed E-state index contributed by atoms with van der Waals surface area (Å²) in [5.41, 5.74) is -0.734. The summed E-state index contributed by atoms with van der Waals surface area (Å²) in [4.78, 5) is 3.96. The molecular formula is C10H15F3N2S. The van der Waals surface area contributed by atoms with Crippen LogP contribution in [0.1, 0.15) is 42.3 Å². The van der Waals surface area contributed by atoms with E-state index in [1.165, 1.54) is 0 Å². The van der Waals surface area contributed by atoms with Crippen LogP contribution in [0.15, 0.2) is 0 Å². The van der Waals surface area contributed by atoms with Crippen molar-refractivity contribution < 1.29 is 13.2 Å². The van der Waals surface area contributed by atoms with Crippen LogP contribution in [0.25, 0.3) is 0 Å². The molecule has 0 radical (unpaired) electrons. The van der Waals surface area contributed by atoms with Gasteiger partial charge in [0.15, 0.2) is 5.69 Å². The lowest BCUT2D eigenvalue weighted by Gasteiger charge is -2.05. The second-order valence-electron chi connectivity index (χ2n) is 3.76.